The summed E-state index contributed by atoms with van der Waals surface area (Å²) in [6.07, 6.45) is 5.09. The highest BCUT2D eigenvalue weighted by Crippen LogP contribution is 2.33. The van der Waals surface area contributed by atoms with Gasteiger partial charge in [0.15, 0.2) is 0 Å². The monoisotopic (exact) mass is 266 g/mol. The van der Waals surface area contributed by atoms with Crippen LogP contribution in [-0.2, 0) is 0 Å². The van der Waals surface area contributed by atoms with Crippen LogP contribution in [0.1, 0.15) is 36.5 Å². The van der Waals surface area contributed by atoms with Crippen molar-refractivity contribution >= 4 is 15.9 Å². The molecule has 1 N–H and O–H groups in total. The molecule has 0 aliphatic heterocycles. The largest absolute Gasteiger partial charge is 0.384 e. The SMILES string of the molecule is Cc1c(Br)cccc1C(O)C1=CCCC1. The van der Waals surface area contributed by atoms with Crippen molar-refractivity contribution in [3.8, 4) is 0 Å². The average Bonchev–Trinajstić information content (AvgIpc) is 2.74. The highest BCUT2D eigenvalue weighted by Gasteiger charge is 2.18. The molecule has 1 aromatic carbocycles. The van der Waals surface area contributed by atoms with E-state index >= 15 is 0 Å². The van der Waals surface area contributed by atoms with Crippen LogP contribution in [0.2, 0.25) is 0 Å². The van der Waals surface area contributed by atoms with Crippen LogP contribution >= 0.6 is 15.9 Å². The average molecular weight is 267 g/mol. The minimum Gasteiger partial charge on any atom is -0.384 e. The van der Waals surface area contributed by atoms with Crippen LogP contribution in [0.25, 0.3) is 0 Å². The van der Waals surface area contributed by atoms with Gasteiger partial charge >= 0.3 is 0 Å². The Morgan fingerprint density at radius 2 is 2.20 bits per heavy atom. The van der Waals surface area contributed by atoms with E-state index < -0.39 is 6.10 Å². The normalized spacial score (nSPS) is 17.7. The molecule has 0 spiro atoms. The molecule has 1 unspecified atom stereocenters. The van der Waals surface area contributed by atoms with E-state index in [0.717, 1.165) is 28.4 Å². The number of benzene rings is 1. The molecule has 0 fully saturated rings. The van der Waals surface area contributed by atoms with Crippen LogP contribution in [0.15, 0.2) is 34.3 Å². The van der Waals surface area contributed by atoms with E-state index in [2.05, 4.69) is 22.0 Å². The fourth-order valence-electron chi connectivity index (χ4n) is 2.06. The lowest BCUT2D eigenvalue weighted by Gasteiger charge is -2.15. The predicted molar refractivity (Wildman–Crippen MR) is 65.8 cm³/mol. The number of rotatable bonds is 2. The topological polar surface area (TPSA) is 20.2 Å². The Balaban J connectivity index is 2.32. The summed E-state index contributed by atoms with van der Waals surface area (Å²) in [5, 5.41) is 10.2. The van der Waals surface area contributed by atoms with E-state index in [4.69, 9.17) is 0 Å². The van der Waals surface area contributed by atoms with Gasteiger partial charge in [-0.15, -0.1) is 0 Å². The first-order valence-corrected chi connectivity index (χ1v) is 6.11. The second-order valence-electron chi connectivity index (χ2n) is 4.03. The van der Waals surface area contributed by atoms with Gasteiger partial charge in [0.1, 0.15) is 6.10 Å². The highest BCUT2D eigenvalue weighted by atomic mass is 79.9. The lowest BCUT2D eigenvalue weighted by molar-refractivity contribution is 0.212. The number of aliphatic hydroxyl groups excluding tert-OH is 1. The van der Waals surface area contributed by atoms with Crippen molar-refractivity contribution in [3.63, 3.8) is 0 Å². The quantitative estimate of drug-likeness (QED) is 0.806. The van der Waals surface area contributed by atoms with Crippen LogP contribution in [0.5, 0.6) is 0 Å². The molecule has 15 heavy (non-hydrogen) atoms. The summed E-state index contributed by atoms with van der Waals surface area (Å²) in [6.45, 7) is 2.04. The Hall–Kier alpha value is -0.600. The zero-order chi connectivity index (χ0) is 10.8. The minimum absolute atomic E-state index is 0.412. The number of hydrogen-bond donors (Lipinski definition) is 1. The van der Waals surface area contributed by atoms with E-state index in [1.165, 1.54) is 12.0 Å². The molecule has 0 aromatic heterocycles. The van der Waals surface area contributed by atoms with E-state index in [1.807, 2.05) is 25.1 Å². The van der Waals surface area contributed by atoms with E-state index in [-0.39, 0.29) is 0 Å². The molecular weight excluding hydrogens is 252 g/mol. The van der Waals surface area contributed by atoms with Crippen molar-refractivity contribution in [2.75, 3.05) is 0 Å². The molecular formula is C13H15BrO. The second kappa shape index (κ2) is 4.50. The van der Waals surface area contributed by atoms with Gasteiger partial charge in [-0.2, -0.15) is 0 Å². The molecule has 0 heterocycles. The Kier molecular flexibility index (Phi) is 3.27. The van der Waals surface area contributed by atoms with Crippen molar-refractivity contribution in [2.24, 2.45) is 0 Å². The van der Waals surface area contributed by atoms with Gasteiger partial charge in [0.05, 0.1) is 0 Å². The van der Waals surface area contributed by atoms with Gasteiger partial charge in [0.2, 0.25) is 0 Å². The lowest BCUT2D eigenvalue weighted by atomic mass is 9.97. The zero-order valence-electron chi connectivity index (χ0n) is 8.83. The first kappa shape index (κ1) is 10.9. The Morgan fingerprint density at radius 3 is 2.87 bits per heavy atom. The molecule has 1 aliphatic rings. The third-order valence-electron chi connectivity index (χ3n) is 3.03. The molecule has 1 aliphatic carbocycles. The molecule has 0 saturated carbocycles. The van der Waals surface area contributed by atoms with Crippen LogP contribution in [0, 0.1) is 6.92 Å². The minimum atomic E-state index is -0.412. The molecule has 2 heteroatoms. The summed E-state index contributed by atoms with van der Waals surface area (Å²) in [5.74, 6) is 0. The van der Waals surface area contributed by atoms with Gasteiger partial charge in [-0.05, 0) is 49.0 Å². The summed E-state index contributed by atoms with van der Waals surface area (Å²) in [6, 6.07) is 5.99. The molecule has 0 bridgehead atoms. The second-order valence-corrected chi connectivity index (χ2v) is 4.88. The molecule has 0 amide bonds. The Labute approximate surface area is 99.0 Å². The third kappa shape index (κ3) is 2.16. The van der Waals surface area contributed by atoms with Crippen LogP contribution in [0.4, 0.5) is 0 Å². The van der Waals surface area contributed by atoms with E-state index in [0.29, 0.717) is 0 Å². The highest BCUT2D eigenvalue weighted by molar-refractivity contribution is 9.10. The molecule has 1 atom stereocenters. The van der Waals surface area contributed by atoms with Gasteiger partial charge in [-0.25, -0.2) is 0 Å². The standard InChI is InChI=1S/C13H15BrO/c1-9-11(7-4-8-12(9)14)13(15)10-5-2-3-6-10/h4-5,7-8,13,15H,2-3,6H2,1H3. The van der Waals surface area contributed by atoms with Crippen LogP contribution in [-0.4, -0.2) is 5.11 Å². The maximum atomic E-state index is 10.2. The number of aliphatic hydroxyl groups is 1. The van der Waals surface area contributed by atoms with Crippen LogP contribution in [0.3, 0.4) is 0 Å². The summed E-state index contributed by atoms with van der Waals surface area (Å²) in [4.78, 5) is 0. The van der Waals surface area contributed by atoms with Crippen molar-refractivity contribution in [2.45, 2.75) is 32.3 Å². The van der Waals surface area contributed by atoms with E-state index in [1.54, 1.807) is 0 Å². The molecule has 0 radical (unpaired) electrons. The fourth-order valence-corrected chi connectivity index (χ4v) is 2.45. The molecule has 1 nitrogen and oxygen atoms in total. The first-order chi connectivity index (χ1) is 7.20. The Morgan fingerprint density at radius 1 is 1.40 bits per heavy atom. The summed E-state index contributed by atoms with van der Waals surface area (Å²) >= 11 is 3.49. The molecule has 1 aromatic rings. The van der Waals surface area contributed by atoms with Gasteiger partial charge in [-0.1, -0.05) is 34.1 Å². The maximum absolute atomic E-state index is 10.2. The van der Waals surface area contributed by atoms with Crippen molar-refractivity contribution in [3.05, 3.63) is 45.4 Å². The lowest BCUT2D eigenvalue weighted by Crippen LogP contribution is -2.02. The number of halogens is 1. The Bertz CT molecular complexity index is 396. The van der Waals surface area contributed by atoms with Gasteiger partial charge in [0.25, 0.3) is 0 Å². The summed E-state index contributed by atoms with van der Waals surface area (Å²) in [7, 11) is 0. The molecule has 2 rings (SSSR count). The summed E-state index contributed by atoms with van der Waals surface area (Å²) < 4.78 is 1.07. The zero-order valence-corrected chi connectivity index (χ0v) is 10.4. The van der Waals surface area contributed by atoms with E-state index in [9.17, 15) is 5.11 Å². The predicted octanol–water partition coefficient (Wildman–Crippen LogP) is 3.90. The summed E-state index contributed by atoms with van der Waals surface area (Å²) in [5.41, 5.74) is 3.34. The van der Waals surface area contributed by atoms with Crippen molar-refractivity contribution in [1.82, 2.24) is 0 Å². The maximum Gasteiger partial charge on any atom is 0.100 e. The van der Waals surface area contributed by atoms with Gasteiger partial charge in [-0.3, -0.25) is 0 Å². The first-order valence-electron chi connectivity index (χ1n) is 5.32. The van der Waals surface area contributed by atoms with Gasteiger partial charge in [0, 0.05) is 4.47 Å². The third-order valence-corrected chi connectivity index (χ3v) is 3.89. The van der Waals surface area contributed by atoms with Crippen molar-refractivity contribution in [1.29, 1.82) is 0 Å². The van der Waals surface area contributed by atoms with Crippen molar-refractivity contribution < 1.29 is 5.11 Å². The number of hydrogen-bond acceptors (Lipinski definition) is 1. The van der Waals surface area contributed by atoms with Gasteiger partial charge < -0.3 is 5.11 Å². The molecule has 80 valence electrons. The van der Waals surface area contributed by atoms with Crippen LogP contribution < -0.4 is 0 Å². The smallest absolute Gasteiger partial charge is 0.100 e. The molecule has 0 saturated heterocycles. The number of allylic oxidation sites excluding steroid dienone is 1. The fraction of sp³-hybridized carbons (Fsp3) is 0.385.